The van der Waals surface area contributed by atoms with E-state index in [-0.39, 0.29) is 15.7 Å². The lowest BCUT2D eigenvalue weighted by molar-refractivity contribution is -0.159. The van der Waals surface area contributed by atoms with Gasteiger partial charge in [-0.15, -0.1) is 10.2 Å². The van der Waals surface area contributed by atoms with Gasteiger partial charge in [-0.25, -0.2) is 13.2 Å². The van der Waals surface area contributed by atoms with E-state index >= 15 is 0 Å². The molecule has 0 bridgehead atoms. The van der Waals surface area contributed by atoms with Gasteiger partial charge in [-0.1, -0.05) is 18.3 Å². The minimum atomic E-state index is -4.64. The van der Waals surface area contributed by atoms with Crippen molar-refractivity contribution in [1.29, 1.82) is 0 Å². The Morgan fingerprint density at radius 3 is 2.42 bits per heavy atom. The maximum Gasteiger partial charge on any atom is 0.422 e. The van der Waals surface area contributed by atoms with Crippen molar-refractivity contribution in [2.45, 2.75) is 24.4 Å². The van der Waals surface area contributed by atoms with Gasteiger partial charge in [-0.3, -0.25) is 10.0 Å². The summed E-state index contributed by atoms with van der Waals surface area (Å²) in [6.45, 7) is 0.126. The number of rotatable bonds is 6. The van der Waals surface area contributed by atoms with E-state index in [0.717, 1.165) is 11.3 Å². The largest absolute Gasteiger partial charge is 0.440 e. The molecule has 1 aromatic carbocycles. The standard InChI is InChI=1S/C13H13F3N4O4S2/c1-2-10-18-19-11(25-10)20-26(22,23)9-5-3-8(4-6-9)17-12(21)24-7-13(14,15)16/h3-6H,2,7H2,1H3,(H,17,21)(H,19,20). The topological polar surface area (TPSA) is 110 Å². The van der Waals surface area contributed by atoms with E-state index in [1.54, 1.807) is 0 Å². The van der Waals surface area contributed by atoms with Gasteiger partial charge in [0.2, 0.25) is 5.13 Å². The van der Waals surface area contributed by atoms with Crippen LogP contribution in [0.1, 0.15) is 11.9 Å². The van der Waals surface area contributed by atoms with Crippen molar-refractivity contribution in [2.24, 2.45) is 0 Å². The van der Waals surface area contributed by atoms with Crippen molar-refractivity contribution in [1.82, 2.24) is 10.2 Å². The summed E-state index contributed by atoms with van der Waals surface area (Å²) < 4.78 is 66.6. The van der Waals surface area contributed by atoms with Gasteiger partial charge in [0.1, 0.15) is 5.01 Å². The van der Waals surface area contributed by atoms with Gasteiger partial charge in [-0.2, -0.15) is 13.2 Å². The van der Waals surface area contributed by atoms with E-state index in [1.165, 1.54) is 24.3 Å². The summed E-state index contributed by atoms with van der Waals surface area (Å²) in [7, 11) is -3.92. The third-order valence-corrected chi connectivity index (χ3v) is 5.24. The van der Waals surface area contributed by atoms with Crippen LogP contribution in [-0.2, 0) is 21.2 Å². The monoisotopic (exact) mass is 410 g/mol. The Morgan fingerprint density at radius 1 is 1.23 bits per heavy atom. The Labute approximate surface area is 150 Å². The number of alkyl halides is 3. The number of halogens is 3. The number of sulfonamides is 1. The van der Waals surface area contributed by atoms with Crippen LogP contribution >= 0.6 is 11.3 Å². The molecule has 0 saturated carbocycles. The van der Waals surface area contributed by atoms with Crippen molar-refractivity contribution in [3.8, 4) is 0 Å². The van der Waals surface area contributed by atoms with Crippen molar-refractivity contribution in [3.05, 3.63) is 29.3 Å². The zero-order valence-corrected chi connectivity index (χ0v) is 14.8. The number of hydrogen-bond donors (Lipinski definition) is 2. The van der Waals surface area contributed by atoms with E-state index in [9.17, 15) is 26.4 Å². The van der Waals surface area contributed by atoms with Crippen LogP contribution in [-0.4, -0.2) is 37.5 Å². The first-order valence-corrected chi connectivity index (χ1v) is 9.35. The maximum absolute atomic E-state index is 12.2. The summed E-state index contributed by atoms with van der Waals surface area (Å²) in [5.74, 6) is 0. The van der Waals surface area contributed by atoms with Crippen molar-refractivity contribution in [2.75, 3.05) is 16.6 Å². The van der Waals surface area contributed by atoms with Crippen molar-refractivity contribution >= 4 is 38.3 Å². The average molecular weight is 410 g/mol. The van der Waals surface area contributed by atoms with E-state index in [1.807, 2.05) is 6.92 Å². The SMILES string of the molecule is CCc1nnc(NS(=O)(=O)c2ccc(NC(=O)OCC(F)(F)F)cc2)s1. The van der Waals surface area contributed by atoms with Crippen LogP contribution in [0.3, 0.4) is 0 Å². The average Bonchev–Trinajstić information content (AvgIpc) is 3.00. The van der Waals surface area contributed by atoms with E-state index in [4.69, 9.17) is 0 Å². The molecule has 0 unspecified atom stereocenters. The summed E-state index contributed by atoms with van der Waals surface area (Å²) in [5.41, 5.74) is 0.0697. The molecule has 0 aliphatic rings. The number of amides is 1. The molecule has 0 aliphatic carbocycles. The summed E-state index contributed by atoms with van der Waals surface area (Å²) in [6, 6.07) is 4.76. The van der Waals surface area contributed by atoms with Crippen LogP contribution in [0.15, 0.2) is 29.2 Å². The summed E-state index contributed by atoms with van der Waals surface area (Å²) >= 11 is 1.10. The molecule has 0 spiro atoms. The highest BCUT2D eigenvalue weighted by molar-refractivity contribution is 7.93. The Morgan fingerprint density at radius 2 is 1.88 bits per heavy atom. The van der Waals surface area contributed by atoms with Crippen LogP contribution in [0.4, 0.5) is 28.8 Å². The Bertz CT molecular complexity index is 866. The molecule has 2 aromatic rings. The number of hydrogen-bond acceptors (Lipinski definition) is 7. The minimum Gasteiger partial charge on any atom is -0.440 e. The number of carbonyl (C=O) groups excluding carboxylic acids is 1. The number of carbonyl (C=O) groups is 1. The van der Waals surface area contributed by atoms with Crippen LogP contribution in [0.2, 0.25) is 0 Å². The number of benzene rings is 1. The number of nitrogens with one attached hydrogen (secondary N) is 2. The summed E-state index contributed by atoms with van der Waals surface area (Å²) in [6.07, 6.45) is -5.33. The molecule has 0 atom stereocenters. The molecule has 1 heterocycles. The zero-order chi connectivity index (χ0) is 19.4. The van der Waals surface area contributed by atoms with Gasteiger partial charge in [0.15, 0.2) is 6.61 Å². The predicted octanol–water partition coefficient (Wildman–Crippen LogP) is 3.01. The molecule has 2 N–H and O–H groups in total. The summed E-state index contributed by atoms with van der Waals surface area (Å²) in [4.78, 5) is 11.1. The summed E-state index contributed by atoms with van der Waals surface area (Å²) in [5, 5.41) is 10.3. The molecule has 26 heavy (non-hydrogen) atoms. The van der Waals surface area contributed by atoms with Crippen LogP contribution in [0.5, 0.6) is 0 Å². The van der Waals surface area contributed by atoms with Gasteiger partial charge in [0.05, 0.1) is 4.90 Å². The van der Waals surface area contributed by atoms with Gasteiger partial charge in [-0.05, 0) is 30.7 Å². The highest BCUT2D eigenvalue weighted by Gasteiger charge is 2.29. The molecular formula is C13H13F3N4O4S2. The van der Waals surface area contributed by atoms with Crippen LogP contribution < -0.4 is 10.0 Å². The lowest BCUT2D eigenvalue weighted by atomic mass is 10.3. The first kappa shape index (κ1) is 19.9. The van der Waals surface area contributed by atoms with Gasteiger partial charge >= 0.3 is 12.3 Å². The number of ether oxygens (including phenoxy) is 1. The maximum atomic E-state index is 12.2. The number of aryl methyl sites for hydroxylation is 1. The van der Waals surface area contributed by atoms with Crippen molar-refractivity contribution in [3.63, 3.8) is 0 Å². The molecule has 0 fully saturated rings. The number of anilines is 2. The second-order valence-electron chi connectivity index (χ2n) is 4.80. The molecular weight excluding hydrogens is 397 g/mol. The highest BCUT2D eigenvalue weighted by atomic mass is 32.2. The third kappa shape index (κ3) is 5.84. The fourth-order valence-electron chi connectivity index (χ4n) is 1.63. The molecule has 2 rings (SSSR count). The lowest BCUT2D eigenvalue weighted by Gasteiger charge is -2.10. The molecule has 1 aromatic heterocycles. The van der Waals surface area contributed by atoms with E-state index < -0.39 is 28.9 Å². The van der Waals surface area contributed by atoms with Crippen LogP contribution in [0.25, 0.3) is 0 Å². The van der Waals surface area contributed by atoms with Crippen molar-refractivity contribution < 1.29 is 31.1 Å². The van der Waals surface area contributed by atoms with Gasteiger partial charge in [0.25, 0.3) is 10.0 Å². The van der Waals surface area contributed by atoms with Gasteiger partial charge in [0, 0.05) is 5.69 Å². The molecule has 1 amide bonds. The Balaban J connectivity index is 2.00. The molecule has 142 valence electrons. The lowest BCUT2D eigenvalue weighted by Crippen LogP contribution is -2.23. The van der Waals surface area contributed by atoms with E-state index in [2.05, 4.69) is 25.0 Å². The molecule has 13 heteroatoms. The third-order valence-electron chi connectivity index (χ3n) is 2.77. The van der Waals surface area contributed by atoms with Gasteiger partial charge < -0.3 is 4.74 Å². The Kier molecular flexibility index (Phi) is 6.02. The van der Waals surface area contributed by atoms with E-state index in [0.29, 0.717) is 11.4 Å². The molecule has 0 radical (unpaired) electrons. The molecule has 0 saturated heterocycles. The predicted molar refractivity (Wildman–Crippen MR) is 87.6 cm³/mol. The molecule has 8 nitrogen and oxygen atoms in total. The first-order chi connectivity index (χ1) is 12.1. The minimum absolute atomic E-state index is 0.0697. The smallest absolute Gasteiger partial charge is 0.422 e. The Hall–Kier alpha value is -2.41. The zero-order valence-electron chi connectivity index (χ0n) is 13.2. The second-order valence-corrected chi connectivity index (χ2v) is 7.55. The second kappa shape index (κ2) is 7.86. The van der Waals surface area contributed by atoms with Crippen LogP contribution in [0, 0.1) is 0 Å². The number of aromatic nitrogens is 2. The fourth-order valence-corrected chi connectivity index (χ4v) is 3.54. The molecule has 0 aliphatic heterocycles. The normalized spacial score (nSPS) is 11.8. The highest BCUT2D eigenvalue weighted by Crippen LogP contribution is 2.21. The quantitative estimate of drug-likeness (QED) is 0.758. The first-order valence-electron chi connectivity index (χ1n) is 7.05. The number of nitrogens with zero attached hydrogens (tertiary/aromatic N) is 2. The fraction of sp³-hybridized carbons (Fsp3) is 0.308.